The lowest BCUT2D eigenvalue weighted by atomic mass is 10.2. The maximum absolute atomic E-state index is 12.4. The van der Waals surface area contributed by atoms with Gasteiger partial charge >= 0.3 is 0 Å². The Morgan fingerprint density at radius 3 is 2.72 bits per heavy atom. The summed E-state index contributed by atoms with van der Waals surface area (Å²) >= 11 is 1.34. The summed E-state index contributed by atoms with van der Waals surface area (Å²) in [7, 11) is -3.72. The molecular weight excluding hydrogens is 360 g/mol. The number of benzene rings is 1. The van der Waals surface area contributed by atoms with Crippen molar-refractivity contribution in [3.8, 4) is 0 Å². The van der Waals surface area contributed by atoms with Crippen molar-refractivity contribution >= 4 is 33.0 Å². The highest BCUT2D eigenvalue weighted by atomic mass is 32.2. The van der Waals surface area contributed by atoms with E-state index in [1.807, 2.05) is 18.4 Å². The summed E-state index contributed by atoms with van der Waals surface area (Å²) < 4.78 is 32.3. The Morgan fingerprint density at radius 1 is 1.20 bits per heavy atom. The van der Waals surface area contributed by atoms with E-state index in [9.17, 15) is 13.2 Å². The van der Waals surface area contributed by atoms with Crippen LogP contribution in [0.15, 0.2) is 63.4 Å². The minimum absolute atomic E-state index is 0.0559. The Morgan fingerprint density at radius 2 is 2.04 bits per heavy atom. The van der Waals surface area contributed by atoms with Gasteiger partial charge in [0.2, 0.25) is 10.0 Å². The molecule has 3 rings (SSSR count). The number of aryl methyl sites for hydroxylation is 1. The fourth-order valence-electron chi connectivity index (χ4n) is 2.20. The summed E-state index contributed by atoms with van der Waals surface area (Å²) in [5.41, 5.74) is 1.30. The largest absolute Gasteiger partial charge is 0.468 e. The fraction of sp³-hybridized carbons (Fsp3) is 0.118. The van der Waals surface area contributed by atoms with Gasteiger partial charge in [0, 0.05) is 5.69 Å². The Hall–Kier alpha value is -2.42. The summed E-state index contributed by atoms with van der Waals surface area (Å²) in [6.07, 6.45) is 1.48. The molecule has 2 heterocycles. The number of sulfonamides is 1. The average Bonchev–Trinajstić information content (AvgIpc) is 3.24. The smallest absolute Gasteiger partial charge is 0.265 e. The summed E-state index contributed by atoms with van der Waals surface area (Å²) in [6.45, 7) is 1.91. The third-order valence-electron chi connectivity index (χ3n) is 3.49. The van der Waals surface area contributed by atoms with E-state index in [0.29, 0.717) is 16.3 Å². The lowest BCUT2D eigenvalue weighted by Crippen LogP contribution is -2.23. The molecule has 8 heteroatoms. The quantitative estimate of drug-likeness (QED) is 0.690. The highest BCUT2D eigenvalue weighted by Crippen LogP contribution is 2.20. The predicted octanol–water partition coefficient (Wildman–Crippen LogP) is 3.38. The van der Waals surface area contributed by atoms with Crippen LogP contribution in [-0.4, -0.2) is 14.3 Å². The van der Waals surface area contributed by atoms with Crippen LogP contribution in [0.1, 0.15) is 21.0 Å². The van der Waals surface area contributed by atoms with Crippen molar-refractivity contribution in [2.75, 3.05) is 5.32 Å². The number of hydrogen-bond donors (Lipinski definition) is 2. The Kier molecular flexibility index (Phi) is 5.03. The van der Waals surface area contributed by atoms with Gasteiger partial charge in [-0.15, -0.1) is 11.3 Å². The fourth-order valence-corrected chi connectivity index (χ4v) is 4.06. The molecule has 130 valence electrons. The SMILES string of the molecule is Cc1ccsc1C(=O)Nc1cccc(S(=O)(=O)NCc2ccco2)c1. The van der Waals surface area contributed by atoms with Crippen LogP contribution in [0.5, 0.6) is 0 Å². The molecule has 0 aliphatic heterocycles. The second kappa shape index (κ2) is 7.22. The first-order valence-electron chi connectivity index (χ1n) is 7.43. The lowest BCUT2D eigenvalue weighted by molar-refractivity contribution is 0.103. The van der Waals surface area contributed by atoms with Crippen molar-refractivity contribution in [2.24, 2.45) is 0 Å². The van der Waals surface area contributed by atoms with Crippen molar-refractivity contribution in [1.29, 1.82) is 0 Å². The lowest BCUT2D eigenvalue weighted by Gasteiger charge is -2.09. The highest BCUT2D eigenvalue weighted by molar-refractivity contribution is 7.89. The standard InChI is InChI=1S/C17H16N2O4S2/c1-12-7-9-24-16(12)17(20)19-13-4-2-6-15(10-13)25(21,22)18-11-14-5-3-8-23-14/h2-10,18H,11H2,1H3,(H,19,20). The number of anilines is 1. The number of amides is 1. The number of thiophene rings is 1. The number of furan rings is 1. The predicted molar refractivity (Wildman–Crippen MR) is 96.2 cm³/mol. The number of nitrogens with one attached hydrogen (secondary N) is 2. The van der Waals surface area contributed by atoms with Gasteiger partial charge < -0.3 is 9.73 Å². The molecule has 3 aromatic rings. The Bertz CT molecular complexity index is 976. The zero-order valence-corrected chi connectivity index (χ0v) is 15.0. The highest BCUT2D eigenvalue weighted by Gasteiger charge is 2.16. The van der Waals surface area contributed by atoms with E-state index in [-0.39, 0.29) is 17.3 Å². The number of carbonyl (C=O) groups excluding carboxylic acids is 1. The zero-order valence-electron chi connectivity index (χ0n) is 13.4. The van der Waals surface area contributed by atoms with E-state index in [2.05, 4.69) is 10.0 Å². The molecule has 25 heavy (non-hydrogen) atoms. The molecule has 0 unspecified atom stereocenters. The Balaban J connectivity index is 1.74. The van der Waals surface area contributed by atoms with E-state index >= 15 is 0 Å². The number of hydrogen-bond acceptors (Lipinski definition) is 5. The summed E-state index contributed by atoms with van der Waals surface area (Å²) in [5, 5.41) is 4.57. The van der Waals surface area contributed by atoms with Crippen molar-refractivity contribution in [1.82, 2.24) is 4.72 Å². The van der Waals surface area contributed by atoms with E-state index in [0.717, 1.165) is 5.56 Å². The summed E-state index contributed by atoms with van der Waals surface area (Å²) in [4.78, 5) is 12.9. The maximum Gasteiger partial charge on any atom is 0.265 e. The van der Waals surface area contributed by atoms with Crippen molar-refractivity contribution in [3.05, 3.63) is 70.3 Å². The van der Waals surface area contributed by atoms with Gasteiger partial charge in [-0.3, -0.25) is 4.79 Å². The topological polar surface area (TPSA) is 88.4 Å². The van der Waals surface area contributed by atoms with Crippen LogP contribution in [0.2, 0.25) is 0 Å². The van der Waals surface area contributed by atoms with Crippen molar-refractivity contribution in [3.63, 3.8) is 0 Å². The van der Waals surface area contributed by atoms with Crippen molar-refractivity contribution < 1.29 is 17.6 Å². The normalized spacial score (nSPS) is 11.4. The first-order valence-corrected chi connectivity index (χ1v) is 9.79. The molecule has 0 saturated carbocycles. The van der Waals surface area contributed by atoms with Gasteiger partial charge in [0.25, 0.3) is 5.91 Å². The van der Waals surface area contributed by atoms with Gasteiger partial charge in [0.15, 0.2) is 0 Å². The van der Waals surface area contributed by atoms with Crippen LogP contribution in [-0.2, 0) is 16.6 Å². The van der Waals surface area contributed by atoms with Gasteiger partial charge in [-0.05, 0) is 54.3 Å². The number of carbonyl (C=O) groups is 1. The third-order valence-corrected chi connectivity index (χ3v) is 5.90. The van der Waals surface area contributed by atoms with E-state index in [4.69, 9.17) is 4.42 Å². The first kappa shape index (κ1) is 17.4. The molecule has 0 radical (unpaired) electrons. The van der Waals surface area contributed by atoms with Crippen LogP contribution >= 0.6 is 11.3 Å². The molecule has 0 saturated heterocycles. The molecule has 0 atom stereocenters. The average molecular weight is 376 g/mol. The number of rotatable bonds is 6. The monoisotopic (exact) mass is 376 g/mol. The third kappa shape index (κ3) is 4.16. The minimum atomic E-state index is -3.72. The van der Waals surface area contributed by atoms with E-state index in [1.165, 1.54) is 29.7 Å². The summed E-state index contributed by atoms with van der Waals surface area (Å²) in [5.74, 6) is 0.256. The molecule has 0 spiro atoms. The van der Waals surface area contributed by atoms with Gasteiger partial charge in [-0.1, -0.05) is 6.07 Å². The molecule has 1 amide bonds. The second-order valence-electron chi connectivity index (χ2n) is 5.32. The van der Waals surface area contributed by atoms with Gasteiger partial charge in [0.05, 0.1) is 22.6 Å². The van der Waals surface area contributed by atoms with Crippen molar-refractivity contribution in [2.45, 2.75) is 18.4 Å². The minimum Gasteiger partial charge on any atom is -0.468 e. The molecule has 6 nitrogen and oxygen atoms in total. The van der Waals surface area contributed by atoms with Crippen LogP contribution in [0.25, 0.3) is 0 Å². The molecule has 2 aromatic heterocycles. The summed E-state index contributed by atoms with van der Waals surface area (Å²) in [6, 6.07) is 11.3. The zero-order chi connectivity index (χ0) is 17.9. The molecular formula is C17H16N2O4S2. The molecule has 0 bridgehead atoms. The van der Waals surface area contributed by atoms with Gasteiger partial charge in [-0.25, -0.2) is 13.1 Å². The molecule has 2 N–H and O–H groups in total. The van der Waals surface area contributed by atoms with Crippen LogP contribution in [0.4, 0.5) is 5.69 Å². The van der Waals surface area contributed by atoms with Gasteiger partial charge in [-0.2, -0.15) is 0 Å². The maximum atomic E-state index is 12.4. The molecule has 0 aliphatic rings. The molecule has 0 fully saturated rings. The van der Waals surface area contributed by atoms with E-state index < -0.39 is 10.0 Å². The van der Waals surface area contributed by atoms with Crippen LogP contribution < -0.4 is 10.0 Å². The molecule has 0 aliphatic carbocycles. The van der Waals surface area contributed by atoms with Crippen LogP contribution in [0, 0.1) is 6.92 Å². The molecule has 1 aromatic carbocycles. The second-order valence-corrected chi connectivity index (χ2v) is 8.00. The Labute approximate surface area is 149 Å². The van der Waals surface area contributed by atoms with E-state index in [1.54, 1.807) is 24.3 Å². The first-order chi connectivity index (χ1) is 12.0. The van der Waals surface area contributed by atoms with Crippen LogP contribution in [0.3, 0.4) is 0 Å². The van der Waals surface area contributed by atoms with Gasteiger partial charge in [0.1, 0.15) is 5.76 Å².